The molecule has 0 spiro atoms. The fourth-order valence-corrected chi connectivity index (χ4v) is 3.03. The van der Waals surface area contributed by atoms with Crippen LogP contribution >= 0.6 is 0 Å². The van der Waals surface area contributed by atoms with Crippen molar-refractivity contribution in [1.29, 1.82) is 0 Å². The van der Waals surface area contributed by atoms with Crippen molar-refractivity contribution in [2.45, 2.75) is 63.0 Å². The van der Waals surface area contributed by atoms with Gasteiger partial charge in [-0.1, -0.05) is 24.9 Å². The first kappa shape index (κ1) is 14.5. The number of hydrogen-bond donors (Lipinski definition) is 0. The van der Waals surface area contributed by atoms with Crippen LogP contribution in [0.15, 0.2) is 4.52 Å². The number of nitrogens with zero attached hydrogens (tertiary/aromatic N) is 2. The van der Waals surface area contributed by atoms with Crippen LogP contribution in [0.4, 0.5) is 0 Å². The maximum Gasteiger partial charge on any atom is 0.232 e. The first-order valence-electron chi connectivity index (χ1n) is 6.77. The Morgan fingerprint density at radius 3 is 2.37 bits per heavy atom. The molecule has 1 aromatic rings. The molecule has 0 bridgehead atoms. The number of sulfone groups is 1. The van der Waals surface area contributed by atoms with Crippen LogP contribution in [0.25, 0.3) is 0 Å². The van der Waals surface area contributed by atoms with Crippen molar-refractivity contribution in [3.8, 4) is 0 Å². The van der Waals surface area contributed by atoms with Gasteiger partial charge in [0.15, 0.2) is 15.7 Å². The van der Waals surface area contributed by atoms with Crippen LogP contribution in [0.5, 0.6) is 0 Å². The van der Waals surface area contributed by atoms with Gasteiger partial charge in [-0.05, 0) is 33.1 Å². The van der Waals surface area contributed by atoms with E-state index in [4.69, 9.17) is 4.52 Å². The van der Waals surface area contributed by atoms with Gasteiger partial charge in [0.25, 0.3) is 0 Å². The van der Waals surface area contributed by atoms with Crippen LogP contribution in [0, 0.1) is 0 Å². The van der Waals surface area contributed by atoms with E-state index in [1.54, 1.807) is 13.8 Å². The van der Waals surface area contributed by atoms with Crippen molar-refractivity contribution in [3.05, 3.63) is 11.7 Å². The molecule has 2 rings (SSSR count). The number of rotatable bonds is 4. The first-order chi connectivity index (χ1) is 8.73. The van der Waals surface area contributed by atoms with Crippen molar-refractivity contribution >= 4 is 9.84 Å². The maximum atomic E-state index is 11.8. The molecular formula is C13H22N2O3S. The zero-order valence-electron chi connectivity index (χ0n) is 12.1. The van der Waals surface area contributed by atoms with E-state index in [0.29, 0.717) is 5.89 Å². The van der Waals surface area contributed by atoms with Gasteiger partial charge in [0.2, 0.25) is 5.89 Å². The quantitative estimate of drug-likeness (QED) is 0.850. The van der Waals surface area contributed by atoms with Crippen molar-refractivity contribution < 1.29 is 12.9 Å². The Kier molecular flexibility index (Phi) is 3.49. The number of aromatic nitrogens is 2. The molecule has 108 valence electrons. The molecule has 0 aromatic carbocycles. The molecule has 1 aliphatic rings. The maximum absolute atomic E-state index is 11.8. The van der Waals surface area contributed by atoms with Crippen LogP contribution < -0.4 is 0 Å². The summed E-state index contributed by atoms with van der Waals surface area (Å²) in [5.41, 5.74) is -0.0428. The van der Waals surface area contributed by atoms with Gasteiger partial charge in [0.05, 0.1) is 0 Å². The zero-order chi connectivity index (χ0) is 14.3. The summed E-state index contributed by atoms with van der Waals surface area (Å²) in [6.45, 7) is 5.35. The van der Waals surface area contributed by atoms with Crippen LogP contribution in [0.3, 0.4) is 0 Å². The van der Waals surface area contributed by atoms with E-state index >= 15 is 0 Å². The highest BCUT2D eigenvalue weighted by Crippen LogP contribution is 2.43. The Hall–Kier alpha value is -0.910. The summed E-state index contributed by atoms with van der Waals surface area (Å²) in [6.07, 6.45) is 6.58. The van der Waals surface area contributed by atoms with Gasteiger partial charge >= 0.3 is 0 Å². The Morgan fingerprint density at radius 2 is 1.89 bits per heavy atom. The van der Waals surface area contributed by atoms with E-state index < -0.39 is 14.6 Å². The van der Waals surface area contributed by atoms with E-state index in [1.807, 2.05) is 0 Å². The smallest absolute Gasteiger partial charge is 0.232 e. The lowest BCUT2D eigenvalue weighted by Gasteiger charge is -2.22. The van der Waals surface area contributed by atoms with Gasteiger partial charge < -0.3 is 4.52 Å². The number of hydrogen-bond acceptors (Lipinski definition) is 5. The molecule has 1 aliphatic carbocycles. The van der Waals surface area contributed by atoms with Crippen LogP contribution in [0.2, 0.25) is 0 Å². The van der Waals surface area contributed by atoms with E-state index in [1.165, 1.54) is 19.1 Å². The molecule has 0 radical (unpaired) electrons. The fourth-order valence-electron chi connectivity index (χ4n) is 2.62. The Balaban J connectivity index is 2.39. The molecule has 0 atom stereocenters. The van der Waals surface area contributed by atoms with Crippen molar-refractivity contribution in [3.63, 3.8) is 0 Å². The monoisotopic (exact) mass is 286 g/mol. The third-order valence-corrected chi connectivity index (χ3v) is 6.62. The fraction of sp³-hybridized carbons (Fsp3) is 0.846. The van der Waals surface area contributed by atoms with Gasteiger partial charge in [-0.2, -0.15) is 4.98 Å². The highest BCUT2D eigenvalue weighted by atomic mass is 32.2. The molecule has 6 heteroatoms. The van der Waals surface area contributed by atoms with Gasteiger partial charge in [-0.3, -0.25) is 0 Å². The predicted molar refractivity (Wildman–Crippen MR) is 72.6 cm³/mol. The highest BCUT2D eigenvalue weighted by Gasteiger charge is 2.42. The second-order valence-electron chi connectivity index (χ2n) is 6.05. The van der Waals surface area contributed by atoms with Gasteiger partial charge in [-0.25, -0.2) is 8.42 Å². The second kappa shape index (κ2) is 4.58. The summed E-state index contributed by atoms with van der Waals surface area (Å²) in [7, 11) is -3.28. The Labute approximate surface area is 114 Å². The minimum absolute atomic E-state index is 0.0428. The molecule has 0 saturated heterocycles. The molecule has 5 nitrogen and oxygen atoms in total. The first-order valence-corrected chi connectivity index (χ1v) is 8.66. The average molecular weight is 286 g/mol. The molecule has 1 heterocycles. The lowest BCUT2D eigenvalue weighted by molar-refractivity contribution is 0.271. The molecular weight excluding hydrogens is 264 g/mol. The molecule has 0 N–H and O–H groups in total. The van der Waals surface area contributed by atoms with Crippen molar-refractivity contribution in [2.75, 3.05) is 6.26 Å². The van der Waals surface area contributed by atoms with E-state index in [-0.39, 0.29) is 11.2 Å². The largest absolute Gasteiger partial charge is 0.339 e. The summed E-state index contributed by atoms with van der Waals surface area (Å²) >= 11 is 0. The molecule has 1 fully saturated rings. The van der Waals surface area contributed by atoms with Crippen LogP contribution in [0.1, 0.15) is 64.6 Å². The van der Waals surface area contributed by atoms with Crippen LogP contribution in [-0.4, -0.2) is 24.8 Å². The summed E-state index contributed by atoms with van der Waals surface area (Å²) in [5, 5.41) is 3.93. The normalized spacial score (nSPS) is 19.8. The molecule has 1 saturated carbocycles. The second-order valence-corrected chi connectivity index (χ2v) is 8.61. The predicted octanol–water partition coefficient (Wildman–Crippen LogP) is 2.57. The van der Waals surface area contributed by atoms with Gasteiger partial charge in [0, 0.05) is 11.7 Å². The minimum atomic E-state index is -3.28. The molecule has 0 aliphatic heterocycles. The molecule has 0 unspecified atom stereocenters. The Bertz CT molecular complexity index is 554. The standard InChI is InChI=1S/C13H22N2O3S/c1-5-13(8-6-7-9-13)11-14-10(15-18-11)12(2,3)19(4,16)17/h5-9H2,1-4H3. The van der Waals surface area contributed by atoms with E-state index in [2.05, 4.69) is 17.1 Å². The third-order valence-electron chi connectivity index (χ3n) is 4.58. The van der Waals surface area contributed by atoms with Gasteiger partial charge in [0.1, 0.15) is 4.75 Å². The van der Waals surface area contributed by atoms with E-state index in [9.17, 15) is 8.42 Å². The zero-order valence-corrected chi connectivity index (χ0v) is 12.9. The van der Waals surface area contributed by atoms with Crippen molar-refractivity contribution in [2.24, 2.45) is 0 Å². The summed E-state index contributed by atoms with van der Waals surface area (Å²) in [4.78, 5) is 4.42. The third kappa shape index (κ3) is 2.30. The lowest BCUT2D eigenvalue weighted by Crippen LogP contribution is -2.30. The summed E-state index contributed by atoms with van der Waals surface area (Å²) in [5.74, 6) is 0.879. The van der Waals surface area contributed by atoms with E-state index in [0.717, 1.165) is 19.3 Å². The average Bonchev–Trinajstić information content (AvgIpc) is 2.97. The Morgan fingerprint density at radius 1 is 1.32 bits per heavy atom. The van der Waals surface area contributed by atoms with Crippen molar-refractivity contribution in [1.82, 2.24) is 10.1 Å². The minimum Gasteiger partial charge on any atom is -0.339 e. The van der Waals surface area contributed by atoms with Gasteiger partial charge in [-0.15, -0.1) is 0 Å². The molecule has 0 amide bonds. The highest BCUT2D eigenvalue weighted by molar-refractivity contribution is 7.91. The summed E-state index contributed by atoms with van der Waals surface area (Å²) in [6, 6.07) is 0. The SMILES string of the molecule is CCC1(c2nc(C(C)(C)S(C)(=O)=O)no2)CCCC1. The molecule has 1 aromatic heterocycles. The summed E-state index contributed by atoms with van der Waals surface area (Å²) < 4.78 is 27.9. The topological polar surface area (TPSA) is 73.1 Å². The molecule has 19 heavy (non-hydrogen) atoms. The van der Waals surface area contributed by atoms with Crippen LogP contribution in [-0.2, 0) is 20.0 Å². The lowest BCUT2D eigenvalue weighted by atomic mass is 9.83.